The summed E-state index contributed by atoms with van der Waals surface area (Å²) >= 11 is 5.87. The van der Waals surface area contributed by atoms with Gasteiger partial charge in [0.1, 0.15) is 11.6 Å². The number of hydrogen-bond acceptors (Lipinski definition) is 6. The Kier molecular flexibility index (Phi) is 4.90. The van der Waals surface area contributed by atoms with Gasteiger partial charge in [-0.15, -0.1) is 0 Å². The number of carbonyl (C=O) groups is 1. The topological polar surface area (TPSA) is 117 Å². The molecule has 0 atom stereocenters. The minimum Gasteiger partial charge on any atom is -0.398 e. The first kappa shape index (κ1) is 15.3. The first-order chi connectivity index (χ1) is 10.6. The monoisotopic (exact) mass is 314 g/mol. The molecule has 1 heterocycles. The number of anilines is 3. The quantitative estimate of drug-likeness (QED) is 0.452. The molecule has 0 saturated heterocycles. The Hall–Kier alpha value is -3.11. The predicted octanol–water partition coefficient (Wildman–Crippen LogP) is 2.17. The highest BCUT2D eigenvalue weighted by Gasteiger charge is 2.10. The summed E-state index contributed by atoms with van der Waals surface area (Å²) in [4.78, 5) is 19.8. The van der Waals surface area contributed by atoms with E-state index < -0.39 is 5.91 Å². The summed E-state index contributed by atoms with van der Waals surface area (Å²) in [5, 5.41) is 14.6. The van der Waals surface area contributed by atoms with Crippen LogP contribution in [-0.2, 0) is 4.79 Å². The Morgan fingerprint density at radius 3 is 2.73 bits per heavy atom. The van der Waals surface area contributed by atoms with Crippen molar-refractivity contribution in [3.05, 3.63) is 53.5 Å². The summed E-state index contributed by atoms with van der Waals surface area (Å²) in [6.07, 6.45) is 4.29. The summed E-state index contributed by atoms with van der Waals surface area (Å²) in [5.41, 5.74) is 6.28. The summed E-state index contributed by atoms with van der Waals surface area (Å²) in [5.74, 6) is -0.314. The van der Waals surface area contributed by atoms with E-state index in [4.69, 9.17) is 22.6 Å². The summed E-state index contributed by atoms with van der Waals surface area (Å²) < 4.78 is 0. The van der Waals surface area contributed by atoms with Gasteiger partial charge in [0.05, 0.1) is 10.7 Å². The zero-order valence-corrected chi connectivity index (χ0v) is 12.0. The van der Waals surface area contributed by atoms with Crippen molar-refractivity contribution in [1.82, 2.24) is 9.97 Å². The molecule has 2 rings (SSSR count). The van der Waals surface area contributed by atoms with E-state index >= 15 is 0 Å². The maximum Gasteiger partial charge on any atom is 0.267 e. The smallest absolute Gasteiger partial charge is 0.267 e. The number of rotatable bonds is 4. The van der Waals surface area contributed by atoms with Crippen LogP contribution in [0.4, 0.5) is 17.3 Å². The molecule has 110 valence electrons. The number of benzene rings is 1. The Bertz CT molecular complexity index is 754. The Labute approximate surface area is 131 Å². The van der Waals surface area contributed by atoms with Crippen LogP contribution in [0.5, 0.6) is 0 Å². The van der Waals surface area contributed by atoms with Crippen molar-refractivity contribution in [2.75, 3.05) is 16.4 Å². The van der Waals surface area contributed by atoms with E-state index in [-0.39, 0.29) is 11.5 Å². The first-order valence-electron chi connectivity index (χ1n) is 6.10. The number of amides is 1. The van der Waals surface area contributed by atoms with Crippen LogP contribution in [0.15, 0.2) is 48.4 Å². The van der Waals surface area contributed by atoms with Crippen LogP contribution in [-0.4, -0.2) is 15.9 Å². The third kappa shape index (κ3) is 3.94. The van der Waals surface area contributed by atoms with Crippen LogP contribution >= 0.6 is 11.6 Å². The lowest BCUT2D eigenvalue weighted by molar-refractivity contribution is -0.112. The molecule has 8 heteroatoms. The fraction of sp³-hybridized carbons (Fsp3) is 0. The minimum absolute atomic E-state index is 0.139. The lowest BCUT2D eigenvalue weighted by Gasteiger charge is -2.06. The third-order valence-corrected chi connectivity index (χ3v) is 2.86. The zero-order valence-electron chi connectivity index (χ0n) is 11.2. The van der Waals surface area contributed by atoms with Crippen molar-refractivity contribution in [3.8, 4) is 6.07 Å². The molecule has 0 aliphatic rings. The van der Waals surface area contributed by atoms with E-state index in [0.29, 0.717) is 16.4 Å². The van der Waals surface area contributed by atoms with E-state index in [1.54, 1.807) is 24.3 Å². The predicted molar refractivity (Wildman–Crippen MR) is 83.8 cm³/mol. The molecule has 0 aliphatic carbocycles. The minimum atomic E-state index is -0.591. The molecular weight excluding hydrogens is 304 g/mol. The lowest BCUT2D eigenvalue weighted by Crippen LogP contribution is -2.14. The average Bonchev–Trinajstić information content (AvgIpc) is 2.52. The van der Waals surface area contributed by atoms with Gasteiger partial charge in [0.15, 0.2) is 0 Å². The van der Waals surface area contributed by atoms with Gasteiger partial charge in [0.25, 0.3) is 5.91 Å². The van der Waals surface area contributed by atoms with Crippen molar-refractivity contribution in [1.29, 1.82) is 5.26 Å². The van der Waals surface area contributed by atoms with Crippen LogP contribution in [0.2, 0.25) is 5.02 Å². The average molecular weight is 315 g/mol. The molecule has 0 aliphatic heterocycles. The van der Waals surface area contributed by atoms with Crippen molar-refractivity contribution < 1.29 is 4.79 Å². The third-order valence-electron chi connectivity index (χ3n) is 2.53. The molecule has 1 aromatic carbocycles. The zero-order chi connectivity index (χ0) is 15.9. The second-order valence-electron chi connectivity index (χ2n) is 4.08. The number of nitrogens with two attached hydrogens (primary N) is 1. The Morgan fingerprint density at radius 1 is 1.36 bits per heavy atom. The number of hydrogen-bond donors (Lipinski definition) is 3. The number of nitriles is 1. The molecule has 22 heavy (non-hydrogen) atoms. The molecule has 7 nitrogen and oxygen atoms in total. The largest absolute Gasteiger partial charge is 0.398 e. The fourth-order valence-electron chi connectivity index (χ4n) is 1.46. The lowest BCUT2D eigenvalue weighted by atomic mass is 10.2. The first-order valence-corrected chi connectivity index (χ1v) is 6.48. The molecule has 1 aromatic heterocycles. The Balaban J connectivity index is 2.08. The highest BCUT2D eigenvalue weighted by molar-refractivity contribution is 6.33. The van der Waals surface area contributed by atoms with E-state index in [2.05, 4.69) is 20.6 Å². The normalized spacial score (nSPS) is 10.6. The van der Waals surface area contributed by atoms with E-state index in [0.717, 1.165) is 0 Å². The number of nitrogens with one attached hydrogen (secondary N) is 2. The maximum atomic E-state index is 12.0. The number of nitrogen functional groups attached to an aromatic ring is 1. The van der Waals surface area contributed by atoms with Crippen LogP contribution < -0.4 is 16.4 Å². The van der Waals surface area contributed by atoms with Crippen LogP contribution in [0, 0.1) is 11.3 Å². The van der Waals surface area contributed by atoms with Gasteiger partial charge in [0.2, 0.25) is 5.95 Å². The molecule has 2 aromatic rings. The van der Waals surface area contributed by atoms with E-state index in [9.17, 15) is 4.79 Å². The molecule has 4 N–H and O–H groups in total. The van der Waals surface area contributed by atoms with Gasteiger partial charge in [-0.1, -0.05) is 11.6 Å². The molecule has 0 bridgehead atoms. The van der Waals surface area contributed by atoms with Gasteiger partial charge >= 0.3 is 0 Å². The van der Waals surface area contributed by atoms with Crippen molar-refractivity contribution in [2.24, 2.45) is 0 Å². The summed E-state index contributed by atoms with van der Waals surface area (Å²) in [6.45, 7) is 0. The standard InChI is InChI=1S/C14H11ClN6O/c15-11-6-10(2-3-12(11)17)21-13(22)9(7-16)8-20-14-18-4-1-5-19-14/h1-6,8H,17H2,(H,21,22)(H,18,19,20)/b9-8-. The SMILES string of the molecule is N#C/C(=C/Nc1ncccn1)C(=O)Nc1ccc(N)c(Cl)c1. The number of halogens is 1. The summed E-state index contributed by atoms with van der Waals surface area (Å²) in [6, 6.07) is 8.08. The van der Waals surface area contributed by atoms with E-state index in [1.807, 2.05) is 0 Å². The van der Waals surface area contributed by atoms with Gasteiger partial charge in [-0.05, 0) is 24.3 Å². The molecule has 0 radical (unpaired) electrons. The highest BCUT2D eigenvalue weighted by Crippen LogP contribution is 2.22. The molecule has 1 amide bonds. The van der Waals surface area contributed by atoms with Crippen LogP contribution in [0.25, 0.3) is 0 Å². The summed E-state index contributed by atoms with van der Waals surface area (Å²) in [7, 11) is 0. The molecule has 0 saturated carbocycles. The van der Waals surface area contributed by atoms with Gasteiger partial charge < -0.3 is 16.4 Å². The van der Waals surface area contributed by atoms with Crippen LogP contribution in [0.3, 0.4) is 0 Å². The molecule has 0 fully saturated rings. The number of aromatic nitrogens is 2. The van der Waals surface area contributed by atoms with Gasteiger partial charge in [-0.2, -0.15) is 5.26 Å². The molecular formula is C14H11ClN6O. The molecule has 0 spiro atoms. The Morgan fingerprint density at radius 2 is 2.09 bits per heavy atom. The molecule has 0 unspecified atom stereocenters. The van der Waals surface area contributed by atoms with Gasteiger partial charge in [0, 0.05) is 24.3 Å². The van der Waals surface area contributed by atoms with E-state index in [1.165, 1.54) is 24.7 Å². The number of nitrogens with zero attached hydrogens (tertiary/aromatic N) is 3. The van der Waals surface area contributed by atoms with Gasteiger partial charge in [-0.25, -0.2) is 9.97 Å². The highest BCUT2D eigenvalue weighted by atomic mass is 35.5. The second-order valence-corrected chi connectivity index (χ2v) is 4.48. The number of carbonyl (C=O) groups excluding carboxylic acids is 1. The van der Waals surface area contributed by atoms with Crippen molar-refractivity contribution >= 4 is 34.8 Å². The van der Waals surface area contributed by atoms with Gasteiger partial charge in [-0.3, -0.25) is 4.79 Å². The van der Waals surface area contributed by atoms with Crippen molar-refractivity contribution in [2.45, 2.75) is 0 Å². The fourth-order valence-corrected chi connectivity index (χ4v) is 1.64. The second kappa shape index (κ2) is 7.06. The van der Waals surface area contributed by atoms with Crippen LogP contribution in [0.1, 0.15) is 0 Å². The van der Waals surface area contributed by atoms with Crippen molar-refractivity contribution in [3.63, 3.8) is 0 Å². The maximum absolute atomic E-state index is 12.0.